The monoisotopic (exact) mass is 232 g/mol. The Bertz CT molecular complexity index is 368. The molecule has 0 atom stereocenters. The van der Waals surface area contributed by atoms with Gasteiger partial charge in [-0.15, -0.1) is 0 Å². The zero-order valence-corrected chi connectivity index (χ0v) is 8.73. The molecule has 0 bridgehead atoms. The molecule has 0 radical (unpaired) electrons. The summed E-state index contributed by atoms with van der Waals surface area (Å²) in [5, 5.41) is 0. The number of Topliss-reactive ketones (excluding diaryl/α,β-unsaturated/α-hetero) is 1. The predicted octanol–water partition coefficient (Wildman–Crippen LogP) is 2.71. The largest absolute Gasteiger partial charge is 0.385 e. The maximum absolute atomic E-state index is 13.1. The van der Waals surface area contributed by atoms with E-state index in [0.717, 1.165) is 0 Å². The Balaban J connectivity index is 2.83. The van der Waals surface area contributed by atoms with Gasteiger partial charge in [0.1, 0.15) is 17.5 Å². The highest BCUT2D eigenvalue weighted by atomic mass is 19.1. The molecule has 0 saturated carbocycles. The Morgan fingerprint density at radius 3 is 2.31 bits per heavy atom. The molecule has 1 aromatic carbocycles. The van der Waals surface area contributed by atoms with Crippen LogP contribution in [0.15, 0.2) is 12.1 Å². The van der Waals surface area contributed by atoms with E-state index in [1.807, 2.05) is 0 Å². The van der Waals surface area contributed by atoms with E-state index in [0.29, 0.717) is 25.2 Å². The van der Waals surface area contributed by atoms with E-state index in [-0.39, 0.29) is 6.42 Å². The van der Waals surface area contributed by atoms with Gasteiger partial charge in [0.25, 0.3) is 0 Å². The van der Waals surface area contributed by atoms with Crippen LogP contribution in [0.1, 0.15) is 23.2 Å². The fraction of sp³-hybridized carbons (Fsp3) is 0.364. The molecule has 0 aliphatic carbocycles. The van der Waals surface area contributed by atoms with Crippen LogP contribution in [0.2, 0.25) is 0 Å². The van der Waals surface area contributed by atoms with Gasteiger partial charge in [-0.1, -0.05) is 0 Å². The van der Waals surface area contributed by atoms with Crippen molar-refractivity contribution >= 4 is 5.78 Å². The average molecular weight is 232 g/mol. The number of ether oxygens (including phenoxy) is 1. The Labute approximate surface area is 91.0 Å². The van der Waals surface area contributed by atoms with Crippen molar-refractivity contribution in [3.05, 3.63) is 35.1 Å². The van der Waals surface area contributed by atoms with E-state index >= 15 is 0 Å². The van der Waals surface area contributed by atoms with Gasteiger partial charge in [0, 0.05) is 32.3 Å². The molecule has 0 unspecified atom stereocenters. The normalized spacial score (nSPS) is 10.5. The molecule has 0 N–H and O–H groups in total. The molecule has 0 heterocycles. The number of ketones is 1. The van der Waals surface area contributed by atoms with Gasteiger partial charge in [-0.05, 0) is 6.42 Å². The lowest BCUT2D eigenvalue weighted by molar-refractivity contribution is 0.0955. The Morgan fingerprint density at radius 2 is 1.81 bits per heavy atom. The highest BCUT2D eigenvalue weighted by Crippen LogP contribution is 2.17. The number of hydrogen-bond donors (Lipinski definition) is 0. The molecular formula is C11H11F3O2. The maximum Gasteiger partial charge on any atom is 0.168 e. The van der Waals surface area contributed by atoms with Crippen LogP contribution in [-0.2, 0) is 4.74 Å². The molecule has 0 aromatic heterocycles. The van der Waals surface area contributed by atoms with Crippen molar-refractivity contribution in [2.45, 2.75) is 12.8 Å². The smallest absolute Gasteiger partial charge is 0.168 e. The lowest BCUT2D eigenvalue weighted by atomic mass is 10.1. The minimum Gasteiger partial charge on any atom is -0.385 e. The van der Waals surface area contributed by atoms with Crippen LogP contribution in [0, 0.1) is 17.5 Å². The average Bonchev–Trinajstić information content (AvgIpc) is 2.16. The number of hydrogen-bond acceptors (Lipinski definition) is 2. The molecule has 16 heavy (non-hydrogen) atoms. The molecule has 88 valence electrons. The van der Waals surface area contributed by atoms with Gasteiger partial charge in [0.05, 0.1) is 5.56 Å². The first-order valence-corrected chi connectivity index (χ1v) is 4.73. The molecule has 5 heteroatoms. The zero-order valence-electron chi connectivity index (χ0n) is 8.73. The third-order valence-corrected chi connectivity index (χ3v) is 2.04. The van der Waals surface area contributed by atoms with E-state index < -0.39 is 28.8 Å². The molecule has 0 fully saturated rings. The second-order valence-electron chi connectivity index (χ2n) is 3.26. The standard InChI is InChI=1S/C11H11F3O2/c1-16-4-2-3-10(15)11-8(13)5-7(12)6-9(11)14/h5-6H,2-4H2,1H3. The summed E-state index contributed by atoms with van der Waals surface area (Å²) in [5.74, 6) is -4.06. The van der Waals surface area contributed by atoms with Crippen LogP contribution in [0.25, 0.3) is 0 Å². The van der Waals surface area contributed by atoms with Gasteiger partial charge in [-0.2, -0.15) is 0 Å². The van der Waals surface area contributed by atoms with E-state index in [1.165, 1.54) is 7.11 Å². The van der Waals surface area contributed by atoms with Crippen molar-refractivity contribution in [1.29, 1.82) is 0 Å². The predicted molar refractivity (Wildman–Crippen MR) is 51.8 cm³/mol. The lowest BCUT2D eigenvalue weighted by Gasteiger charge is -2.04. The van der Waals surface area contributed by atoms with E-state index in [2.05, 4.69) is 0 Å². The van der Waals surface area contributed by atoms with Gasteiger partial charge in [-0.3, -0.25) is 4.79 Å². The van der Waals surface area contributed by atoms with Crippen LogP contribution in [0.5, 0.6) is 0 Å². The van der Waals surface area contributed by atoms with E-state index in [4.69, 9.17) is 4.74 Å². The summed E-state index contributed by atoms with van der Waals surface area (Å²) in [7, 11) is 1.46. The van der Waals surface area contributed by atoms with Crippen molar-refractivity contribution < 1.29 is 22.7 Å². The molecule has 0 saturated heterocycles. The van der Waals surface area contributed by atoms with Crippen molar-refractivity contribution in [2.75, 3.05) is 13.7 Å². The molecule has 1 rings (SSSR count). The summed E-state index contributed by atoms with van der Waals surface area (Å²) in [6, 6.07) is 0.985. The third kappa shape index (κ3) is 3.06. The fourth-order valence-corrected chi connectivity index (χ4v) is 1.31. The maximum atomic E-state index is 13.1. The molecule has 0 spiro atoms. The SMILES string of the molecule is COCCCC(=O)c1c(F)cc(F)cc1F. The van der Waals surface area contributed by atoms with Gasteiger partial charge >= 0.3 is 0 Å². The van der Waals surface area contributed by atoms with Crippen molar-refractivity contribution in [3.63, 3.8) is 0 Å². The van der Waals surface area contributed by atoms with E-state index in [1.54, 1.807) is 0 Å². The van der Waals surface area contributed by atoms with Gasteiger partial charge in [-0.25, -0.2) is 13.2 Å². The van der Waals surface area contributed by atoms with Crippen LogP contribution < -0.4 is 0 Å². The minimum absolute atomic E-state index is 0.0344. The number of carbonyl (C=O) groups is 1. The summed E-state index contributed by atoms with van der Waals surface area (Å²) in [6.07, 6.45) is 0.332. The highest BCUT2D eigenvalue weighted by Gasteiger charge is 2.18. The highest BCUT2D eigenvalue weighted by molar-refractivity contribution is 5.96. The third-order valence-electron chi connectivity index (χ3n) is 2.04. The quantitative estimate of drug-likeness (QED) is 0.576. The van der Waals surface area contributed by atoms with Crippen LogP contribution >= 0.6 is 0 Å². The van der Waals surface area contributed by atoms with Crippen molar-refractivity contribution in [1.82, 2.24) is 0 Å². The fourth-order valence-electron chi connectivity index (χ4n) is 1.31. The van der Waals surface area contributed by atoms with Crippen molar-refractivity contribution in [2.24, 2.45) is 0 Å². The number of rotatable bonds is 5. The summed E-state index contributed by atoms with van der Waals surface area (Å²) in [6.45, 7) is 0.330. The van der Waals surface area contributed by atoms with Crippen molar-refractivity contribution in [3.8, 4) is 0 Å². The molecule has 0 amide bonds. The summed E-state index contributed by atoms with van der Waals surface area (Å²) in [4.78, 5) is 11.4. The number of methoxy groups -OCH3 is 1. The summed E-state index contributed by atoms with van der Waals surface area (Å²) in [5.41, 5.74) is -0.683. The first kappa shape index (κ1) is 12.7. The van der Waals surface area contributed by atoms with Crippen LogP contribution in [-0.4, -0.2) is 19.5 Å². The van der Waals surface area contributed by atoms with Gasteiger partial charge in [0.15, 0.2) is 5.78 Å². The number of carbonyl (C=O) groups excluding carboxylic acids is 1. The first-order valence-electron chi connectivity index (χ1n) is 4.73. The summed E-state index contributed by atoms with van der Waals surface area (Å²) < 4.78 is 43.6. The minimum atomic E-state index is -1.17. The van der Waals surface area contributed by atoms with Crippen LogP contribution in [0.3, 0.4) is 0 Å². The molecule has 0 aliphatic rings. The number of halogens is 3. The van der Waals surface area contributed by atoms with Gasteiger partial charge in [0.2, 0.25) is 0 Å². The second-order valence-corrected chi connectivity index (χ2v) is 3.26. The Morgan fingerprint density at radius 1 is 1.25 bits per heavy atom. The van der Waals surface area contributed by atoms with E-state index in [9.17, 15) is 18.0 Å². The molecular weight excluding hydrogens is 221 g/mol. The van der Waals surface area contributed by atoms with Gasteiger partial charge < -0.3 is 4.74 Å². The molecule has 2 nitrogen and oxygen atoms in total. The molecule has 1 aromatic rings. The lowest BCUT2D eigenvalue weighted by Crippen LogP contribution is -2.07. The zero-order chi connectivity index (χ0) is 12.1. The molecule has 0 aliphatic heterocycles. The summed E-state index contributed by atoms with van der Waals surface area (Å²) >= 11 is 0. The Hall–Kier alpha value is -1.36. The number of benzene rings is 1. The first-order chi connectivity index (χ1) is 7.56. The topological polar surface area (TPSA) is 26.3 Å². The second kappa shape index (κ2) is 5.65. The Kier molecular flexibility index (Phi) is 4.49. The van der Waals surface area contributed by atoms with Crippen LogP contribution in [0.4, 0.5) is 13.2 Å².